The van der Waals surface area contributed by atoms with E-state index in [4.69, 9.17) is 21.1 Å². The molecule has 0 unspecified atom stereocenters. The summed E-state index contributed by atoms with van der Waals surface area (Å²) < 4.78 is 9.69. The molecule has 0 bridgehead atoms. The van der Waals surface area contributed by atoms with Crippen LogP contribution in [-0.2, 0) is 4.74 Å². The molecule has 1 heterocycles. The van der Waals surface area contributed by atoms with Crippen molar-refractivity contribution in [1.29, 1.82) is 0 Å². The van der Waals surface area contributed by atoms with Crippen molar-refractivity contribution in [3.63, 3.8) is 0 Å². The lowest BCUT2D eigenvalue weighted by molar-refractivity contribution is 0.0698. The van der Waals surface area contributed by atoms with Crippen molar-refractivity contribution in [3.8, 4) is 5.75 Å². The number of ether oxygens (including phenoxy) is 2. The smallest absolute Gasteiger partial charge is 0.434 e. The van der Waals surface area contributed by atoms with Gasteiger partial charge in [0.1, 0.15) is 5.75 Å². The van der Waals surface area contributed by atoms with Crippen molar-refractivity contribution in [2.45, 2.75) is 25.8 Å². The highest BCUT2D eigenvalue weighted by molar-refractivity contribution is 6.33. The Bertz CT molecular complexity index is 908. The predicted molar refractivity (Wildman–Crippen MR) is 112 cm³/mol. The molecular weight excluding hydrogens is 408 g/mol. The van der Waals surface area contributed by atoms with Crippen LogP contribution in [0.2, 0.25) is 5.02 Å². The molecule has 0 saturated carbocycles. The summed E-state index contributed by atoms with van der Waals surface area (Å²) >= 11 is 6.12. The average molecular weight is 431 g/mol. The van der Waals surface area contributed by atoms with Crippen LogP contribution in [0.3, 0.4) is 0 Å². The van der Waals surface area contributed by atoms with Gasteiger partial charge in [0.15, 0.2) is 0 Å². The monoisotopic (exact) mass is 430 g/mol. The minimum absolute atomic E-state index is 0.0248. The van der Waals surface area contributed by atoms with Crippen molar-refractivity contribution in [2.24, 2.45) is 0 Å². The molecule has 7 nitrogen and oxygen atoms in total. The number of hydrogen-bond acceptors (Lipinski definition) is 5. The number of carbonyl (C=O) groups excluding carboxylic acids is 3. The SMILES string of the molecule is CCOC(=O)Oc1ccc(C(=O)NC2CCN(C(=O)c3ccccc3Cl)CC2)cc1. The molecule has 1 saturated heterocycles. The number of likely N-dealkylation sites (tertiary alicyclic amines) is 1. The third kappa shape index (κ3) is 5.51. The van der Waals surface area contributed by atoms with Crippen LogP contribution < -0.4 is 10.1 Å². The molecule has 8 heteroatoms. The quantitative estimate of drug-likeness (QED) is 0.574. The molecule has 0 aliphatic carbocycles. The number of hydrogen-bond donors (Lipinski definition) is 1. The molecule has 1 fully saturated rings. The van der Waals surface area contributed by atoms with Crippen LogP contribution in [-0.4, -0.2) is 48.6 Å². The first-order valence-electron chi connectivity index (χ1n) is 9.77. The van der Waals surface area contributed by atoms with Crippen LogP contribution in [0.15, 0.2) is 48.5 Å². The molecule has 0 atom stereocenters. The topological polar surface area (TPSA) is 84.9 Å². The molecule has 1 aliphatic rings. The van der Waals surface area contributed by atoms with Gasteiger partial charge in [-0.2, -0.15) is 0 Å². The Morgan fingerprint density at radius 3 is 2.37 bits per heavy atom. The summed E-state index contributed by atoms with van der Waals surface area (Å²) in [4.78, 5) is 38.2. The van der Waals surface area contributed by atoms with Gasteiger partial charge < -0.3 is 19.7 Å². The Balaban J connectivity index is 1.50. The fourth-order valence-corrected chi connectivity index (χ4v) is 3.44. The number of carbonyl (C=O) groups is 3. The molecule has 158 valence electrons. The molecule has 2 amide bonds. The highest BCUT2D eigenvalue weighted by atomic mass is 35.5. The fraction of sp³-hybridized carbons (Fsp3) is 0.318. The molecule has 2 aromatic rings. The van der Waals surface area contributed by atoms with Crippen LogP contribution in [0, 0.1) is 0 Å². The van der Waals surface area contributed by atoms with E-state index in [1.807, 2.05) is 0 Å². The van der Waals surface area contributed by atoms with Gasteiger partial charge in [-0.3, -0.25) is 9.59 Å². The first-order chi connectivity index (χ1) is 14.5. The zero-order valence-corrected chi connectivity index (χ0v) is 17.4. The van der Waals surface area contributed by atoms with Crippen LogP contribution in [0.1, 0.15) is 40.5 Å². The van der Waals surface area contributed by atoms with E-state index in [0.29, 0.717) is 47.8 Å². The van der Waals surface area contributed by atoms with E-state index in [2.05, 4.69) is 5.32 Å². The molecule has 30 heavy (non-hydrogen) atoms. The Kier molecular flexibility index (Phi) is 7.30. The van der Waals surface area contributed by atoms with Gasteiger partial charge in [-0.15, -0.1) is 0 Å². The third-order valence-corrected chi connectivity index (χ3v) is 5.13. The Labute approximate surface area is 179 Å². The molecule has 1 N–H and O–H groups in total. The first kappa shape index (κ1) is 21.6. The van der Waals surface area contributed by atoms with Crippen molar-refractivity contribution in [2.75, 3.05) is 19.7 Å². The van der Waals surface area contributed by atoms with Gasteiger partial charge in [0, 0.05) is 24.7 Å². The predicted octanol–water partition coefficient (Wildman–Crippen LogP) is 3.91. The summed E-state index contributed by atoms with van der Waals surface area (Å²) in [6.45, 7) is 3.00. The minimum Gasteiger partial charge on any atom is -0.434 e. The van der Waals surface area contributed by atoms with Crippen molar-refractivity contribution >= 4 is 29.6 Å². The maximum Gasteiger partial charge on any atom is 0.513 e. The fourth-order valence-electron chi connectivity index (χ4n) is 3.22. The lowest BCUT2D eigenvalue weighted by Crippen LogP contribution is -2.46. The van der Waals surface area contributed by atoms with Gasteiger partial charge in [0.25, 0.3) is 11.8 Å². The van der Waals surface area contributed by atoms with E-state index >= 15 is 0 Å². The number of piperidine rings is 1. The van der Waals surface area contributed by atoms with Crippen LogP contribution in [0.4, 0.5) is 4.79 Å². The zero-order valence-electron chi connectivity index (χ0n) is 16.6. The van der Waals surface area contributed by atoms with Crippen molar-refractivity contribution in [3.05, 3.63) is 64.7 Å². The van der Waals surface area contributed by atoms with Crippen LogP contribution in [0.25, 0.3) is 0 Å². The lowest BCUT2D eigenvalue weighted by Gasteiger charge is -2.32. The third-order valence-electron chi connectivity index (χ3n) is 4.80. The molecule has 2 aromatic carbocycles. The summed E-state index contributed by atoms with van der Waals surface area (Å²) in [6, 6.07) is 13.2. The van der Waals surface area contributed by atoms with Gasteiger partial charge in [0.2, 0.25) is 0 Å². The molecule has 0 aromatic heterocycles. The number of nitrogens with one attached hydrogen (secondary N) is 1. The molecule has 1 aliphatic heterocycles. The lowest BCUT2D eigenvalue weighted by atomic mass is 10.0. The van der Waals surface area contributed by atoms with E-state index in [1.165, 1.54) is 12.1 Å². The summed E-state index contributed by atoms with van der Waals surface area (Å²) in [5.41, 5.74) is 0.951. The van der Waals surface area contributed by atoms with Gasteiger partial charge in [-0.25, -0.2) is 4.79 Å². The number of halogens is 1. The highest BCUT2D eigenvalue weighted by Gasteiger charge is 2.25. The van der Waals surface area contributed by atoms with Crippen molar-refractivity contribution < 1.29 is 23.9 Å². The Morgan fingerprint density at radius 1 is 1.07 bits per heavy atom. The van der Waals surface area contributed by atoms with E-state index in [9.17, 15) is 14.4 Å². The molecule has 0 spiro atoms. The molecule has 3 rings (SSSR count). The molecular formula is C22H23ClN2O5. The number of nitrogens with zero attached hydrogens (tertiary/aromatic N) is 1. The normalized spacial score (nSPS) is 14.1. The number of benzene rings is 2. The van der Waals surface area contributed by atoms with Crippen LogP contribution >= 0.6 is 11.6 Å². The van der Waals surface area contributed by atoms with Gasteiger partial charge in [-0.1, -0.05) is 23.7 Å². The van der Waals surface area contributed by atoms with E-state index in [1.54, 1.807) is 48.2 Å². The Hall–Kier alpha value is -3.06. The van der Waals surface area contributed by atoms with Gasteiger partial charge in [-0.05, 0) is 56.2 Å². The van der Waals surface area contributed by atoms with Gasteiger partial charge >= 0.3 is 6.16 Å². The average Bonchev–Trinajstić information content (AvgIpc) is 2.75. The Morgan fingerprint density at radius 2 is 1.73 bits per heavy atom. The summed E-state index contributed by atoms with van der Waals surface area (Å²) in [5.74, 6) is -0.00692. The standard InChI is InChI=1S/C22H23ClN2O5/c1-2-29-22(28)30-17-9-7-15(8-10-17)20(26)24-16-11-13-25(14-12-16)21(27)18-5-3-4-6-19(18)23/h3-10,16H,2,11-14H2,1H3,(H,24,26). The second-order valence-electron chi connectivity index (χ2n) is 6.83. The summed E-state index contributed by atoms with van der Waals surface area (Å²) in [7, 11) is 0. The number of amides is 2. The summed E-state index contributed by atoms with van der Waals surface area (Å²) in [6.07, 6.45) is 0.533. The maximum atomic E-state index is 12.6. The zero-order chi connectivity index (χ0) is 21.5. The largest absolute Gasteiger partial charge is 0.513 e. The second-order valence-corrected chi connectivity index (χ2v) is 7.24. The van der Waals surface area contributed by atoms with E-state index < -0.39 is 6.16 Å². The second kappa shape index (κ2) is 10.1. The maximum absolute atomic E-state index is 12.6. The number of rotatable bonds is 5. The first-order valence-corrected chi connectivity index (χ1v) is 10.1. The van der Waals surface area contributed by atoms with Crippen molar-refractivity contribution in [1.82, 2.24) is 10.2 Å². The minimum atomic E-state index is -0.784. The van der Waals surface area contributed by atoms with Crippen LogP contribution in [0.5, 0.6) is 5.75 Å². The summed E-state index contributed by atoms with van der Waals surface area (Å²) in [5, 5.41) is 3.43. The van der Waals surface area contributed by atoms with E-state index in [0.717, 1.165) is 0 Å². The van der Waals surface area contributed by atoms with E-state index in [-0.39, 0.29) is 24.5 Å². The molecule has 0 radical (unpaired) electrons. The highest BCUT2D eigenvalue weighted by Crippen LogP contribution is 2.20. The van der Waals surface area contributed by atoms with Gasteiger partial charge in [0.05, 0.1) is 17.2 Å².